The van der Waals surface area contributed by atoms with E-state index in [1.54, 1.807) is 0 Å². The molecule has 3 unspecified atom stereocenters. The Bertz CT molecular complexity index is 1080. The number of nitrogens with zero attached hydrogens (tertiary/aromatic N) is 2. The Balaban J connectivity index is 1.49. The molecule has 0 fully saturated rings. The Kier molecular flexibility index (Phi) is 8.00. The number of aryl methyl sites for hydroxylation is 1. The summed E-state index contributed by atoms with van der Waals surface area (Å²) in [5.41, 5.74) is 4.31. The van der Waals surface area contributed by atoms with Gasteiger partial charge in [-0.05, 0) is 63.2 Å². The fourth-order valence-corrected chi connectivity index (χ4v) is 5.44. The van der Waals surface area contributed by atoms with Crippen molar-refractivity contribution in [3.05, 3.63) is 74.9 Å². The minimum Gasteiger partial charge on any atom is -0.390 e. The number of rotatable bonds is 9. The van der Waals surface area contributed by atoms with Crippen LogP contribution in [0.1, 0.15) is 35.2 Å². The number of aliphatic hydroxyl groups is 1. The van der Waals surface area contributed by atoms with Crippen molar-refractivity contribution in [1.29, 1.82) is 0 Å². The van der Waals surface area contributed by atoms with E-state index >= 15 is 0 Å². The molecule has 0 saturated heterocycles. The van der Waals surface area contributed by atoms with Crippen molar-refractivity contribution in [2.75, 3.05) is 17.6 Å². The highest BCUT2D eigenvalue weighted by molar-refractivity contribution is 9.10. The Hall–Kier alpha value is -2.01. The highest BCUT2D eigenvalue weighted by atomic mass is 79.9. The number of thioether (sulfide) groups is 1. The fourth-order valence-electron chi connectivity index (χ4n) is 4.02. The van der Waals surface area contributed by atoms with Crippen LogP contribution in [0, 0.1) is 11.6 Å². The summed E-state index contributed by atoms with van der Waals surface area (Å²) in [4.78, 5) is 0. The van der Waals surface area contributed by atoms with Gasteiger partial charge in [-0.1, -0.05) is 25.1 Å². The molecule has 0 spiro atoms. The maximum Gasteiger partial charge on any atom is 0.183 e. The minimum absolute atomic E-state index is 0.117. The van der Waals surface area contributed by atoms with Crippen molar-refractivity contribution in [1.82, 2.24) is 20.7 Å². The summed E-state index contributed by atoms with van der Waals surface area (Å²) in [5, 5.41) is 28.2. The van der Waals surface area contributed by atoms with Crippen LogP contribution in [-0.4, -0.2) is 45.0 Å². The Morgan fingerprint density at radius 3 is 2.67 bits per heavy atom. The smallest absolute Gasteiger partial charge is 0.183 e. The first kappa shape index (κ1) is 24.1. The summed E-state index contributed by atoms with van der Waals surface area (Å²) in [6.45, 7) is 2.44. The number of halogens is 3. The van der Waals surface area contributed by atoms with Crippen molar-refractivity contribution in [2.45, 2.75) is 43.7 Å². The monoisotopic (exact) mass is 537 g/mol. The van der Waals surface area contributed by atoms with E-state index in [4.69, 9.17) is 0 Å². The van der Waals surface area contributed by atoms with Crippen LogP contribution >= 0.6 is 27.7 Å². The SMILES string of the molecule is CCc1ccc2c(c1)C(NCC(O)C(Cc1cc(F)cc(F)c1)Nc1n[nH]nc1Br)CSC2. The highest BCUT2D eigenvalue weighted by Crippen LogP contribution is 2.32. The van der Waals surface area contributed by atoms with Crippen LogP contribution < -0.4 is 10.6 Å². The predicted octanol–water partition coefficient (Wildman–Crippen LogP) is 4.37. The van der Waals surface area contributed by atoms with E-state index in [0.717, 1.165) is 24.0 Å². The number of aromatic amines is 1. The molecule has 3 atom stereocenters. The first-order valence-corrected chi connectivity index (χ1v) is 12.8. The average Bonchev–Trinajstić information content (AvgIpc) is 3.20. The van der Waals surface area contributed by atoms with Crippen LogP contribution in [0.2, 0.25) is 0 Å². The molecule has 1 aliphatic rings. The third-order valence-electron chi connectivity index (χ3n) is 5.78. The van der Waals surface area contributed by atoms with Gasteiger partial charge in [0.25, 0.3) is 0 Å². The van der Waals surface area contributed by atoms with E-state index in [1.165, 1.54) is 28.8 Å². The molecule has 0 amide bonds. The van der Waals surface area contributed by atoms with Crippen LogP contribution in [0.3, 0.4) is 0 Å². The first-order chi connectivity index (χ1) is 15.9. The van der Waals surface area contributed by atoms with Gasteiger partial charge in [0, 0.05) is 30.2 Å². The van der Waals surface area contributed by atoms with Crippen molar-refractivity contribution >= 4 is 33.5 Å². The lowest BCUT2D eigenvalue weighted by molar-refractivity contribution is 0.145. The molecule has 2 aromatic carbocycles. The van der Waals surface area contributed by atoms with Crippen LogP contribution in [-0.2, 0) is 18.6 Å². The highest BCUT2D eigenvalue weighted by Gasteiger charge is 2.26. The van der Waals surface area contributed by atoms with Crippen molar-refractivity contribution in [3.63, 3.8) is 0 Å². The number of hydrogen-bond acceptors (Lipinski definition) is 6. The van der Waals surface area contributed by atoms with E-state index in [2.05, 4.69) is 67.1 Å². The number of anilines is 1. The van der Waals surface area contributed by atoms with Gasteiger partial charge in [0.15, 0.2) is 10.4 Å². The molecule has 1 aromatic heterocycles. The van der Waals surface area contributed by atoms with E-state index in [9.17, 15) is 13.9 Å². The largest absolute Gasteiger partial charge is 0.390 e. The zero-order valence-corrected chi connectivity index (χ0v) is 20.5. The molecule has 1 aliphatic heterocycles. The molecule has 4 rings (SSSR count). The second-order valence-electron chi connectivity index (χ2n) is 8.13. The number of aromatic nitrogens is 3. The molecule has 176 valence electrons. The van der Waals surface area contributed by atoms with E-state index in [0.29, 0.717) is 22.5 Å². The normalized spacial score (nSPS) is 17.4. The average molecular weight is 538 g/mol. The fraction of sp³-hybridized carbons (Fsp3) is 0.391. The molecule has 10 heteroatoms. The zero-order valence-electron chi connectivity index (χ0n) is 18.1. The predicted molar refractivity (Wildman–Crippen MR) is 130 cm³/mol. The maximum absolute atomic E-state index is 13.7. The van der Waals surface area contributed by atoms with Crippen LogP contribution in [0.4, 0.5) is 14.6 Å². The number of benzene rings is 2. The van der Waals surface area contributed by atoms with Gasteiger partial charge in [-0.2, -0.15) is 17.0 Å². The lowest BCUT2D eigenvalue weighted by Gasteiger charge is -2.30. The molecule has 0 radical (unpaired) electrons. The maximum atomic E-state index is 13.7. The van der Waals surface area contributed by atoms with Crippen molar-refractivity contribution in [3.8, 4) is 0 Å². The summed E-state index contributed by atoms with van der Waals surface area (Å²) >= 11 is 5.16. The zero-order chi connectivity index (χ0) is 23.4. The molecule has 0 bridgehead atoms. The number of H-pyrrole nitrogens is 1. The summed E-state index contributed by atoms with van der Waals surface area (Å²) in [6.07, 6.45) is 0.315. The van der Waals surface area contributed by atoms with Gasteiger partial charge in [0.1, 0.15) is 11.6 Å². The molecule has 6 nitrogen and oxygen atoms in total. The van der Waals surface area contributed by atoms with Crippen LogP contribution in [0.5, 0.6) is 0 Å². The van der Waals surface area contributed by atoms with E-state index < -0.39 is 23.8 Å². The quantitative estimate of drug-likeness (QED) is 0.324. The molecule has 0 aliphatic carbocycles. The second kappa shape index (κ2) is 10.9. The molecule has 3 aromatic rings. The van der Waals surface area contributed by atoms with Gasteiger partial charge in [0.05, 0.1) is 12.1 Å². The molecular formula is C23H26BrF2N5OS. The minimum atomic E-state index is -0.857. The lowest BCUT2D eigenvalue weighted by atomic mass is 9.97. The van der Waals surface area contributed by atoms with Gasteiger partial charge < -0.3 is 15.7 Å². The third-order valence-corrected chi connectivity index (χ3v) is 7.42. The van der Waals surface area contributed by atoms with Gasteiger partial charge in [-0.25, -0.2) is 8.78 Å². The Morgan fingerprint density at radius 2 is 1.97 bits per heavy atom. The molecule has 33 heavy (non-hydrogen) atoms. The number of fused-ring (bicyclic) bond motifs is 1. The van der Waals surface area contributed by atoms with Crippen LogP contribution in [0.25, 0.3) is 0 Å². The summed E-state index contributed by atoms with van der Waals surface area (Å²) in [7, 11) is 0. The standard InChI is InChI=1S/C23H26BrF2N5OS/c1-2-13-3-4-15-11-33-12-20(18(15)7-13)27-10-21(32)19(28-23-22(24)29-31-30-23)8-14-5-16(25)9-17(26)6-14/h3-7,9,19-21,27,32H,2,8,10-12H2,1H3,(H2,28,29,30,31). The van der Waals surface area contributed by atoms with Gasteiger partial charge in [-0.15, -0.1) is 10.2 Å². The van der Waals surface area contributed by atoms with Crippen LogP contribution in [0.15, 0.2) is 41.0 Å². The molecular weight excluding hydrogens is 512 g/mol. The Labute approximate surface area is 204 Å². The second-order valence-corrected chi connectivity index (χ2v) is 9.91. The third kappa shape index (κ3) is 6.11. The van der Waals surface area contributed by atoms with E-state index in [1.807, 2.05) is 11.8 Å². The van der Waals surface area contributed by atoms with Gasteiger partial charge >= 0.3 is 0 Å². The van der Waals surface area contributed by atoms with E-state index in [-0.39, 0.29) is 12.5 Å². The summed E-state index contributed by atoms with van der Waals surface area (Å²) in [5.74, 6) is 1.01. The number of aliphatic hydroxyl groups excluding tert-OH is 1. The van der Waals surface area contributed by atoms with Gasteiger partial charge in [0.2, 0.25) is 0 Å². The molecule has 0 saturated carbocycles. The summed E-state index contributed by atoms with van der Waals surface area (Å²) in [6, 6.07) is 9.55. The summed E-state index contributed by atoms with van der Waals surface area (Å²) < 4.78 is 27.9. The number of hydrogen-bond donors (Lipinski definition) is 4. The van der Waals surface area contributed by atoms with Crippen molar-refractivity contribution < 1.29 is 13.9 Å². The molecule has 2 heterocycles. The topological polar surface area (TPSA) is 85.9 Å². The lowest BCUT2D eigenvalue weighted by Crippen LogP contribution is -2.44. The molecule has 4 N–H and O–H groups in total. The van der Waals surface area contributed by atoms with Crippen molar-refractivity contribution in [2.24, 2.45) is 0 Å². The Morgan fingerprint density at radius 1 is 1.18 bits per heavy atom. The number of nitrogens with one attached hydrogen (secondary N) is 3. The van der Waals surface area contributed by atoms with Gasteiger partial charge in [-0.3, -0.25) is 0 Å². The first-order valence-electron chi connectivity index (χ1n) is 10.8.